The molecule has 0 radical (unpaired) electrons. The molecular weight excluding hydrogens is 416 g/mol. The minimum Gasteiger partial charge on any atom is -0.481 e. The van der Waals surface area contributed by atoms with Crippen LogP contribution in [0.15, 0.2) is 42.5 Å². The molecule has 1 saturated heterocycles. The van der Waals surface area contributed by atoms with Crippen molar-refractivity contribution >= 4 is 17.7 Å². The molecule has 1 amide bonds. The Kier molecular flexibility index (Phi) is 7.94. The van der Waals surface area contributed by atoms with Crippen LogP contribution in [0.25, 0.3) is 0 Å². The number of carbonyl (C=O) groups excluding carboxylic acids is 1. The molecule has 3 heterocycles. The number of nitrogens with zero attached hydrogens (tertiary/aromatic N) is 2. The molecule has 7 heteroatoms. The van der Waals surface area contributed by atoms with E-state index in [0.717, 1.165) is 75.4 Å². The molecular formula is C26H34N4O3. The maximum Gasteiger partial charge on any atom is 0.305 e. The predicted molar refractivity (Wildman–Crippen MR) is 128 cm³/mol. The zero-order valence-electron chi connectivity index (χ0n) is 19.1. The van der Waals surface area contributed by atoms with Crippen LogP contribution < -0.4 is 10.6 Å². The Labute approximate surface area is 195 Å². The third kappa shape index (κ3) is 6.54. The molecule has 1 unspecified atom stereocenters. The van der Waals surface area contributed by atoms with Gasteiger partial charge in [0.2, 0.25) is 5.91 Å². The molecule has 1 fully saturated rings. The number of carboxylic acids is 1. The van der Waals surface area contributed by atoms with Gasteiger partial charge in [0.15, 0.2) is 0 Å². The fraction of sp³-hybridized carbons (Fsp3) is 0.500. The van der Waals surface area contributed by atoms with E-state index >= 15 is 0 Å². The van der Waals surface area contributed by atoms with Gasteiger partial charge in [0.1, 0.15) is 5.82 Å². The van der Waals surface area contributed by atoms with Gasteiger partial charge in [-0.05, 0) is 68.8 Å². The van der Waals surface area contributed by atoms with E-state index < -0.39 is 12.0 Å². The van der Waals surface area contributed by atoms with Crippen molar-refractivity contribution in [1.29, 1.82) is 0 Å². The third-order valence-electron chi connectivity index (χ3n) is 6.63. The summed E-state index contributed by atoms with van der Waals surface area (Å²) in [4.78, 5) is 31.5. The van der Waals surface area contributed by atoms with Crippen molar-refractivity contribution in [1.82, 2.24) is 15.2 Å². The van der Waals surface area contributed by atoms with E-state index in [1.807, 2.05) is 30.3 Å². The zero-order valence-corrected chi connectivity index (χ0v) is 19.1. The quantitative estimate of drug-likeness (QED) is 0.542. The van der Waals surface area contributed by atoms with E-state index in [1.54, 1.807) is 0 Å². The average Bonchev–Trinajstić information content (AvgIpc) is 2.84. The van der Waals surface area contributed by atoms with Gasteiger partial charge in [0.25, 0.3) is 0 Å². The van der Waals surface area contributed by atoms with Crippen molar-refractivity contribution in [2.45, 2.75) is 51.0 Å². The van der Waals surface area contributed by atoms with Gasteiger partial charge in [-0.3, -0.25) is 9.59 Å². The van der Waals surface area contributed by atoms with Crippen LogP contribution in [0.3, 0.4) is 0 Å². The van der Waals surface area contributed by atoms with E-state index in [9.17, 15) is 14.7 Å². The molecule has 33 heavy (non-hydrogen) atoms. The second-order valence-corrected chi connectivity index (χ2v) is 9.15. The van der Waals surface area contributed by atoms with Crippen LogP contribution in [-0.2, 0) is 22.4 Å². The summed E-state index contributed by atoms with van der Waals surface area (Å²) in [6, 6.07) is 13.2. The van der Waals surface area contributed by atoms with Gasteiger partial charge in [-0.15, -0.1) is 0 Å². The zero-order chi connectivity index (χ0) is 23.0. The number of carboxylic acid groups (broad SMARTS) is 1. The minimum absolute atomic E-state index is 0.0442. The van der Waals surface area contributed by atoms with Gasteiger partial charge in [-0.25, -0.2) is 4.98 Å². The Bertz CT molecular complexity index is 950. The van der Waals surface area contributed by atoms with Crippen LogP contribution in [0.2, 0.25) is 0 Å². The molecule has 2 aliphatic rings. The summed E-state index contributed by atoms with van der Waals surface area (Å²) in [5.74, 6) is -0.0229. The fourth-order valence-corrected chi connectivity index (χ4v) is 4.87. The van der Waals surface area contributed by atoms with Gasteiger partial charge in [-0.1, -0.05) is 36.4 Å². The lowest BCUT2D eigenvalue weighted by Gasteiger charge is -2.33. The van der Waals surface area contributed by atoms with Gasteiger partial charge in [0.05, 0.1) is 18.4 Å². The standard InChI is InChI=1S/C26H34N4O3/c31-24(32)17-23(19-7-2-1-3-8-19)29-26(33)21-10-5-15-30(18-21)16-6-11-22-13-12-20-9-4-14-27-25(20)28-22/h1-3,7-8,12-13,21,23H,4-6,9-11,14-18H2,(H,27,28)(H,29,33)(H,31,32)/t21-,23?/m1/s1. The number of anilines is 1. The van der Waals surface area contributed by atoms with E-state index in [4.69, 9.17) is 4.98 Å². The molecule has 1 aromatic heterocycles. The number of aliphatic carboxylic acids is 1. The molecule has 2 atom stereocenters. The number of likely N-dealkylation sites (tertiary alicyclic amines) is 1. The number of rotatable bonds is 9. The van der Waals surface area contributed by atoms with E-state index in [-0.39, 0.29) is 18.2 Å². The third-order valence-corrected chi connectivity index (χ3v) is 6.63. The van der Waals surface area contributed by atoms with Crippen LogP contribution >= 0.6 is 0 Å². The SMILES string of the molecule is O=C(O)CC(NC(=O)[C@@H]1CCCN(CCCc2ccc3c(n2)NCCC3)C1)c1ccccc1. The highest BCUT2D eigenvalue weighted by molar-refractivity contribution is 5.80. The maximum atomic E-state index is 13.0. The summed E-state index contributed by atoms with van der Waals surface area (Å²) in [5.41, 5.74) is 3.26. The molecule has 2 aromatic rings. The topological polar surface area (TPSA) is 94.6 Å². The number of carbonyl (C=O) groups is 2. The van der Waals surface area contributed by atoms with Crippen molar-refractivity contribution < 1.29 is 14.7 Å². The first-order chi connectivity index (χ1) is 16.1. The van der Waals surface area contributed by atoms with E-state index in [1.165, 1.54) is 12.0 Å². The number of piperidine rings is 1. The summed E-state index contributed by atoms with van der Waals surface area (Å²) in [5, 5.41) is 15.7. The lowest BCUT2D eigenvalue weighted by Crippen LogP contribution is -2.44. The van der Waals surface area contributed by atoms with Crippen LogP contribution in [0.4, 0.5) is 5.82 Å². The second kappa shape index (κ2) is 11.3. The minimum atomic E-state index is -0.916. The van der Waals surface area contributed by atoms with Crippen LogP contribution in [0.1, 0.15) is 55.0 Å². The number of pyridine rings is 1. The molecule has 1 aromatic carbocycles. The highest BCUT2D eigenvalue weighted by atomic mass is 16.4. The lowest BCUT2D eigenvalue weighted by molar-refractivity contribution is -0.138. The fourth-order valence-electron chi connectivity index (χ4n) is 4.87. The Morgan fingerprint density at radius 1 is 1.18 bits per heavy atom. The molecule has 0 spiro atoms. The maximum absolute atomic E-state index is 13.0. The number of aromatic nitrogens is 1. The molecule has 0 saturated carbocycles. The highest BCUT2D eigenvalue weighted by Gasteiger charge is 2.28. The second-order valence-electron chi connectivity index (χ2n) is 9.15. The highest BCUT2D eigenvalue weighted by Crippen LogP contribution is 2.23. The Morgan fingerprint density at radius 2 is 2.03 bits per heavy atom. The van der Waals surface area contributed by atoms with Crippen LogP contribution in [-0.4, -0.2) is 53.0 Å². The Morgan fingerprint density at radius 3 is 2.85 bits per heavy atom. The van der Waals surface area contributed by atoms with Crippen molar-refractivity contribution in [2.75, 3.05) is 31.5 Å². The normalized spacial score (nSPS) is 19.2. The largest absolute Gasteiger partial charge is 0.481 e. The molecule has 4 rings (SSSR count). The lowest BCUT2D eigenvalue weighted by atomic mass is 9.95. The first-order valence-corrected chi connectivity index (χ1v) is 12.1. The number of hydrogen-bond donors (Lipinski definition) is 3. The van der Waals surface area contributed by atoms with Gasteiger partial charge in [0, 0.05) is 18.8 Å². The summed E-state index contributed by atoms with van der Waals surface area (Å²) in [6.45, 7) is 3.66. The molecule has 2 aliphatic heterocycles. The molecule has 3 N–H and O–H groups in total. The van der Waals surface area contributed by atoms with Gasteiger partial charge in [-0.2, -0.15) is 0 Å². The number of nitrogens with one attached hydrogen (secondary N) is 2. The van der Waals surface area contributed by atoms with Gasteiger partial charge >= 0.3 is 5.97 Å². The first kappa shape index (κ1) is 23.2. The van der Waals surface area contributed by atoms with E-state index in [2.05, 4.69) is 27.7 Å². The van der Waals surface area contributed by atoms with Crippen molar-refractivity contribution in [3.8, 4) is 0 Å². The van der Waals surface area contributed by atoms with Crippen LogP contribution in [0, 0.1) is 5.92 Å². The number of fused-ring (bicyclic) bond motifs is 1. The van der Waals surface area contributed by atoms with Crippen LogP contribution in [0.5, 0.6) is 0 Å². The van der Waals surface area contributed by atoms with Crippen molar-refractivity contribution in [2.24, 2.45) is 5.92 Å². The average molecular weight is 451 g/mol. The van der Waals surface area contributed by atoms with Gasteiger partial charge < -0.3 is 20.6 Å². The smallest absolute Gasteiger partial charge is 0.305 e. The van der Waals surface area contributed by atoms with Crippen molar-refractivity contribution in [3.63, 3.8) is 0 Å². The number of benzene rings is 1. The Hall–Kier alpha value is -2.93. The molecule has 0 aliphatic carbocycles. The summed E-state index contributed by atoms with van der Waals surface area (Å²) >= 11 is 0. The number of aryl methyl sites for hydroxylation is 2. The number of amides is 1. The summed E-state index contributed by atoms with van der Waals surface area (Å²) in [7, 11) is 0. The summed E-state index contributed by atoms with van der Waals surface area (Å²) in [6.07, 6.45) is 5.91. The van der Waals surface area contributed by atoms with Crippen molar-refractivity contribution in [3.05, 3.63) is 59.3 Å². The monoisotopic (exact) mass is 450 g/mol. The first-order valence-electron chi connectivity index (χ1n) is 12.1. The summed E-state index contributed by atoms with van der Waals surface area (Å²) < 4.78 is 0. The Balaban J connectivity index is 1.27. The number of hydrogen-bond acceptors (Lipinski definition) is 5. The predicted octanol–water partition coefficient (Wildman–Crippen LogP) is 3.42. The van der Waals surface area contributed by atoms with E-state index in [0.29, 0.717) is 0 Å². The molecule has 7 nitrogen and oxygen atoms in total. The molecule has 176 valence electrons. The molecule has 0 bridgehead atoms.